The van der Waals surface area contributed by atoms with Crippen molar-refractivity contribution in [2.45, 2.75) is 50.6 Å². The van der Waals surface area contributed by atoms with Crippen LogP contribution >= 0.6 is 11.8 Å². The number of para-hydroxylation sites is 1. The molecule has 152 valence electrons. The molecule has 2 aromatic rings. The molecule has 1 aliphatic heterocycles. The van der Waals surface area contributed by atoms with Gasteiger partial charge in [-0.15, -0.1) is 10.2 Å². The number of ether oxygens (including phenoxy) is 1. The van der Waals surface area contributed by atoms with Crippen molar-refractivity contribution in [2.75, 3.05) is 36.5 Å². The molecular formula is C20H29N5O2S. The molecule has 7 nitrogen and oxygen atoms in total. The highest BCUT2D eigenvalue weighted by molar-refractivity contribution is 8.00. The van der Waals surface area contributed by atoms with Crippen LogP contribution in [0.2, 0.25) is 0 Å². The zero-order valence-corrected chi connectivity index (χ0v) is 17.8. The number of hydrogen-bond acceptors (Lipinski definition) is 6. The number of benzene rings is 1. The molecule has 8 heteroatoms. The van der Waals surface area contributed by atoms with Gasteiger partial charge in [0.2, 0.25) is 11.9 Å². The summed E-state index contributed by atoms with van der Waals surface area (Å²) in [5.41, 5.74) is 2.01. The van der Waals surface area contributed by atoms with Gasteiger partial charge in [-0.3, -0.25) is 9.36 Å². The van der Waals surface area contributed by atoms with Gasteiger partial charge in [0.25, 0.3) is 0 Å². The second-order valence-electron chi connectivity index (χ2n) is 7.12. The summed E-state index contributed by atoms with van der Waals surface area (Å²) in [7, 11) is 0. The molecule has 0 spiro atoms. The number of nitrogens with zero attached hydrogens (tertiary/aromatic N) is 4. The van der Waals surface area contributed by atoms with Crippen LogP contribution < -0.4 is 10.2 Å². The number of amides is 1. The van der Waals surface area contributed by atoms with Crippen molar-refractivity contribution in [2.24, 2.45) is 0 Å². The van der Waals surface area contributed by atoms with E-state index in [9.17, 15) is 4.79 Å². The van der Waals surface area contributed by atoms with E-state index in [1.807, 2.05) is 25.1 Å². The molecule has 1 aromatic heterocycles. The van der Waals surface area contributed by atoms with Gasteiger partial charge in [-0.2, -0.15) is 0 Å². The molecule has 1 N–H and O–H groups in total. The number of nitrogens with one attached hydrogen (secondary N) is 1. The van der Waals surface area contributed by atoms with E-state index in [0.717, 1.165) is 42.0 Å². The number of morpholine rings is 1. The fourth-order valence-electron chi connectivity index (χ4n) is 3.20. The topological polar surface area (TPSA) is 72.3 Å². The highest BCUT2D eigenvalue weighted by Gasteiger charge is 2.23. The normalized spacial score (nSPS) is 15.7. The van der Waals surface area contributed by atoms with Gasteiger partial charge in [-0.1, -0.05) is 43.8 Å². The summed E-state index contributed by atoms with van der Waals surface area (Å²) in [6.07, 6.45) is 0. The number of hydrogen-bond donors (Lipinski definition) is 1. The maximum Gasteiger partial charge on any atom is 0.237 e. The Morgan fingerprint density at radius 2 is 1.93 bits per heavy atom. The lowest BCUT2D eigenvalue weighted by Gasteiger charge is -2.27. The minimum Gasteiger partial charge on any atom is -0.378 e. The van der Waals surface area contributed by atoms with E-state index in [-0.39, 0.29) is 11.2 Å². The van der Waals surface area contributed by atoms with Gasteiger partial charge in [-0.05, 0) is 31.4 Å². The molecule has 1 amide bonds. The number of rotatable bonds is 7. The second-order valence-corrected chi connectivity index (χ2v) is 8.43. The summed E-state index contributed by atoms with van der Waals surface area (Å²) in [4.78, 5) is 15.0. The largest absolute Gasteiger partial charge is 0.378 e. The molecule has 1 saturated heterocycles. The fraction of sp³-hybridized carbons (Fsp3) is 0.550. The Balaban J connectivity index is 1.70. The SMILES string of the molecule is CCn1c(S[C@@H](C)C(=O)Nc2ccccc2C(C)C)nnc1N1CCOCC1. The summed E-state index contributed by atoms with van der Waals surface area (Å²) in [6.45, 7) is 12.0. The highest BCUT2D eigenvalue weighted by Crippen LogP contribution is 2.28. The number of aromatic nitrogens is 3. The second kappa shape index (κ2) is 9.43. The van der Waals surface area contributed by atoms with Gasteiger partial charge in [0.1, 0.15) is 0 Å². The predicted molar refractivity (Wildman–Crippen MR) is 113 cm³/mol. The minimum absolute atomic E-state index is 0.0309. The monoisotopic (exact) mass is 403 g/mol. The van der Waals surface area contributed by atoms with E-state index in [1.54, 1.807) is 0 Å². The zero-order chi connectivity index (χ0) is 20.1. The van der Waals surface area contributed by atoms with Gasteiger partial charge < -0.3 is 15.0 Å². The molecule has 0 aliphatic carbocycles. The average Bonchev–Trinajstić information content (AvgIpc) is 3.11. The van der Waals surface area contributed by atoms with Crippen LogP contribution in [0.5, 0.6) is 0 Å². The van der Waals surface area contributed by atoms with Gasteiger partial charge in [-0.25, -0.2) is 0 Å². The van der Waals surface area contributed by atoms with Gasteiger partial charge in [0.05, 0.1) is 18.5 Å². The molecule has 1 fully saturated rings. The van der Waals surface area contributed by atoms with E-state index in [1.165, 1.54) is 11.8 Å². The first-order valence-electron chi connectivity index (χ1n) is 9.83. The Kier molecular flexibility index (Phi) is 6.96. The van der Waals surface area contributed by atoms with Crippen molar-refractivity contribution in [3.05, 3.63) is 29.8 Å². The minimum atomic E-state index is -0.285. The Labute approximate surface area is 170 Å². The average molecular weight is 404 g/mol. The molecule has 1 aromatic carbocycles. The van der Waals surface area contributed by atoms with Crippen LogP contribution in [0.1, 0.15) is 39.2 Å². The summed E-state index contributed by atoms with van der Waals surface area (Å²) in [5, 5.41) is 12.3. The molecule has 0 radical (unpaired) electrons. The summed E-state index contributed by atoms with van der Waals surface area (Å²) < 4.78 is 7.49. The Hall–Kier alpha value is -2.06. The van der Waals surface area contributed by atoms with Crippen molar-refractivity contribution in [3.63, 3.8) is 0 Å². The maximum atomic E-state index is 12.8. The molecule has 2 heterocycles. The van der Waals surface area contributed by atoms with Crippen LogP contribution in [0.3, 0.4) is 0 Å². The molecule has 0 unspecified atom stereocenters. The van der Waals surface area contributed by atoms with Crippen LogP contribution in [0, 0.1) is 0 Å². The first-order chi connectivity index (χ1) is 13.5. The van der Waals surface area contributed by atoms with Crippen LogP contribution in [0.15, 0.2) is 29.4 Å². The van der Waals surface area contributed by atoms with E-state index < -0.39 is 0 Å². The van der Waals surface area contributed by atoms with Crippen molar-refractivity contribution in [3.8, 4) is 0 Å². The molecular weight excluding hydrogens is 374 g/mol. The van der Waals surface area contributed by atoms with E-state index >= 15 is 0 Å². The molecule has 1 atom stereocenters. The van der Waals surface area contributed by atoms with Gasteiger partial charge in [0.15, 0.2) is 5.16 Å². The van der Waals surface area contributed by atoms with E-state index in [4.69, 9.17) is 4.74 Å². The summed E-state index contributed by atoms with van der Waals surface area (Å²) in [6, 6.07) is 7.96. The number of carbonyl (C=O) groups excluding carboxylic acids is 1. The first-order valence-corrected chi connectivity index (χ1v) is 10.7. The maximum absolute atomic E-state index is 12.8. The Morgan fingerprint density at radius 1 is 1.21 bits per heavy atom. The van der Waals surface area contributed by atoms with Crippen molar-refractivity contribution in [1.29, 1.82) is 0 Å². The molecule has 0 bridgehead atoms. The molecule has 0 saturated carbocycles. The smallest absolute Gasteiger partial charge is 0.237 e. The van der Waals surface area contributed by atoms with Gasteiger partial charge in [0, 0.05) is 25.3 Å². The first kappa shape index (κ1) is 20.7. The predicted octanol–water partition coefficient (Wildman–Crippen LogP) is 3.38. The lowest BCUT2D eigenvalue weighted by molar-refractivity contribution is -0.115. The van der Waals surface area contributed by atoms with Crippen molar-refractivity contribution >= 4 is 29.3 Å². The van der Waals surface area contributed by atoms with E-state index in [0.29, 0.717) is 19.1 Å². The van der Waals surface area contributed by atoms with Crippen LogP contribution in [0.4, 0.5) is 11.6 Å². The third kappa shape index (κ3) is 4.67. The quantitative estimate of drug-likeness (QED) is 0.715. The number of anilines is 2. The van der Waals surface area contributed by atoms with Crippen LogP contribution in [-0.4, -0.2) is 52.2 Å². The highest BCUT2D eigenvalue weighted by atomic mass is 32.2. The summed E-state index contributed by atoms with van der Waals surface area (Å²) in [5.74, 6) is 1.17. The van der Waals surface area contributed by atoms with E-state index in [2.05, 4.69) is 51.8 Å². The third-order valence-corrected chi connectivity index (χ3v) is 5.88. The lowest BCUT2D eigenvalue weighted by atomic mass is 10.0. The van der Waals surface area contributed by atoms with Crippen LogP contribution in [-0.2, 0) is 16.1 Å². The lowest BCUT2D eigenvalue weighted by Crippen LogP contribution is -2.38. The Bertz CT molecular complexity index is 802. The zero-order valence-electron chi connectivity index (χ0n) is 17.0. The fourth-order valence-corrected chi connectivity index (χ4v) is 4.11. The standard InChI is InChI=1S/C20H29N5O2S/c1-5-25-19(24-10-12-27-13-11-24)22-23-20(25)28-15(4)18(26)21-17-9-7-6-8-16(17)14(2)3/h6-9,14-15H,5,10-13H2,1-4H3,(H,21,26)/t15-/m0/s1. The van der Waals surface area contributed by atoms with Crippen LogP contribution in [0.25, 0.3) is 0 Å². The van der Waals surface area contributed by atoms with Gasteiger partial charge >= 0.3 is 0 Å². The third-order valence-electron chi connectivity index (χ3n) is 4.80. The molecule has 3 rings (SSSR count). The number of thioether (sulfide) groups is 1. The summed E-state index contributed by atoms with van der Waals surface area (Å²) >= 11 is 1.44. The number of carbonyl (C=O) groups is 1. The molecule has 28 heavy (non-hydrogen) atoms. The van der Waals surface area contributed by atoms with Crippen molar-refractivity contribution in [1.82, 2.24) is 14.8 Å². The molecule has 1 aliphatic rings. The van der Waals surface area contributed by atoms with Crippen molar-refractivity contribution < 1.29 is 9.53 Å². The Morgan fingerprint density at radius 3 is 2.61 bits per heavy atom.